The molecule has 1 aromatic heterocycles. The van der Waals surface area contributed by atoms with Gasteiger partial charge in [0.2, 0.25) is 0 Å². The molecule has 1 rings (SSSR count). The van der Waals surface area contributed by atoms with E-state index in [-0.39, 0.29) is 23.7 Å². The first kappa shape index (κ1) is 19.7. The first-order valence-corrected chi connectivity index (χ1v) is 7.94. The average Bonchev–Trinajstić information content (AvgIpc) is 2.88. The zero-order valence-corrected chi connectivity index (χ0v) is 15.2. The molecular weight excluding hydrogens is 312 g/mol. The highest BCUT2D eigenvalue weighted by Crippen LogP contribution is 2.21. The maximum Gasteiger partial charge on any atom is 0.355 e. The maximum absolute atomic E-state index is 12.2. The van der Waals surface area contributed by atoms with Crippen LogP contribution in [-0.2, 0) is 20.7 Å². The molecule has 1 aromatic rings. The molecule has 0 spiro atoms. The lowest BCUT2D eigenvalue weighted by molar-refractivity contribution is -0.125. The van der Waals surface area contributed by atoms with Gasteiger partial charge in [-0.1, -0.05) is 13.8 Å². The highest BCUT2D eigenvalue weighted by molar-refractivity contribution is 5.99. The summed E-state index contributed by atoms with van der Waals surface area (Å²) in [5, 5.41) is 2.78. The molecule has 1 heterocycles. The van der Waals surface area contributed by atoms with E-state index in [4.69, 9.17) is 9.47 Å². The van der Waals surface area contributed by atoms with E-state index in [0.717, 1.165) is 6.42 Å². The number of esters is 2. The van der Waals surface area contributed by atoms with Crippen LogP contribution in [-0.4, -0.2) is 42.1 Å². The highest BCUT2D eigenvalue weighted by Gasteiger charge is 2.25. The molecule has 7 nitrogen and oxygen atoms in total. The van der Waals surface area contributed by atoms with Gasteiger partial charge < -0.3 is 19.8 Å². The van der Waals surface area contributed by atoms with Gasteiger partial charge in [-0.2, -0.15) is 0 Å². The Bertz CT molecular complexity index is 631. The van der Waals surface area contributed by atoms with E-state index in [9.17, 15) is 14.4 Å². The molecule has 0 saturated heterocycles. The average molecular weight is 338 g/mol. The number of H-pyrrole nitrogens is 1. The van der Waals surface area contributed by atoms with Gasteiger partial charge in [0.15, 0.2) is 6.61 Å². The Kier molecular flexibility index (Phi) is 6.57. The number of ether oxygens (including phenoxy) is 2. The van der Waals surface area contributed by atoms with Gasteiger partial charge in [-0.05, 0) is 39.2 Å². The van der Waals surface area contributed by atoms with Crippen molar-refractivity contribution in [3.63, 3.8) is 0 Å². The minimum Gasteiger partial charge on any atom is -0.465 e. The highest BCUT2D eigenvalue weighted by atomic mass is 16.5. The zero-order chi connectivity index (χ0) is 18.5. The van der Waals surface area contributed by atoms with Crippen LogP contribution in [0, 0.1) is 6.92 Å². The molecule has 2 N–H and O–H groups in total. The Morgan fingerprint density at radius 3 is 2.29 bits per heavy atom. The van der Waals surface area contributed by atoms with Crippen molar-refractivity contribution in [1.82, 2.24) is 10.3 Å². The fraction of sp³-hybridized carbons (Fsp3) is 0.588. The normalized spacial score (nSPS) is 11.1. The largest absolute Gasteiger partial charge is 0.465 e. The first-order chi connectivity index (χ1) is 11.2. The van der Waals surface area contributed by atoms with Crippen LogP contribution >= 0.6 is 0 Å². The van der Waals surface area contributed by atoms with Crippen LogP contribution in [0.4, 0.5) is 0 Å². The van der Waals surface area contributed by atoms with Gasteiger partial charge >= 0.3 is 11.9 Å². The zero-order valence-electron chi connectivity index (χ0n) is 15.2. The minimum atomic E-state index is -0.679. The lowest BCUT2D eigenvalue weighted by Crippen LogP contribution is -2.44. The summed E-state index contributed by atoms with van der Waals surface area (Å²) in [4.78, 5) is 38.8. The molecule has 0 aliphatic heterocycles. The number of carbonyl (C=O) groups excluding carboxylic acids is 3. The van der Waals surface area contributed by atoms with Crippen molar-refractivity contribution < 1.29 is 23.9 Å². The van der Waals surface area contributed by atoms with Crippen LogP contribution in [0.25, 0.3) is 0 Å². The monoisotopic (exact) mass is 338 g/mol. The summed E-state index contributed by atoms with van der Waals surface area (Å²) in [7, 11) is 1.28. The molecule has 0 aliphatic rings. The van der Waals surface area contributed by atoms with E-state index < -0.39 is 11.9 Å². The third-order valence-electron chi connectivity index (χ3n) is 3.97. The van der Waals surface area contributed by atoms with E-state index in [1.807, 2.05) is 27.7 Å². The van der Waals surface area contributed by atoms with Gasteiger partial charge in [0.1, 0.15) is 5.69 Å². The maximum atomic E-state index is 12.2. The Balaban J connectivity index is 2.84. The third-order valence-corrected chi connectivity index (χ3v) is 3.97. The van der Waals surface area contributed by atoms with Crippen LogP contribution in [0.15, 0.2) is 0 Å². The minimum absolute atomic E-state index is 0.162. The topological polar surface area (TPSA) is 97.5 Å². The second kappa shape index (κ2) is 7.99. The number of nitrogens with one attached hydrogen (secondary N) is 2. The molecule has 0 fully saturated rings. The van der Waals surface area contributed by atoms with Gasteiger partial charge in [0, 0.05) is 11.2 Å². The predicted octanol–water partition coefficient (Wildman–Crippen LogP) is 2.13. The molecular formula is C17H26N2O5. The SMILES string of the molecule is CCc1[nH]c(C(=O)OCC(=O)NC(C)(C)CC)c(C)c1C(=O)OC. The van der Waals surface area contributed by atoms with Gasteiger partial charge in [-0.15, -0.1) is 0 Å². The standard InChI is InChI=1S/C17H26N2O5/c1-7-11-13(15(21)23-6)10(3)14(18-11)16(22)24-9-12(20)19-17(4,5)8-2/h18H,7-9H2,1-6H3,(H,19,20). The van der Waals surface area contributed by atoms with Crippen LogP contribution in [0.2, 0.25) is 0 Å². The Morgan fingerprint density at radius 1 is 1.17 bits per heavy atom. The van der Waals surface area contributed by atoms with Crippen LogP contribution in [0.1, 0.15) is 66.2 Å². The molecule has 24 heavy (non-hydrogen) atoms. The van der Waals surface area contributed by atoms with E-state index in [2.05, 4.69) is 10.3 Å². The first-order valence-electron chi connectivity index (χ1n) is 7.94. The number of aromatic amines is 1. The van der Waals surface area contributed by atoms with Crippen molar-refractivity contribution in [1.29, 1.82) is 0 Å². The quantitative estimate of drug-likeness (QED) is 0.742. The van der Waals surface area contributed by atoms with Crippen LogP contribution in [0.3, 0.4) is 0 Å². The molecule has 0 bridgehead atoms. The summed E-state index contributed by atoms with van der Waals surface area (Å²) in [5.41, 5.74) is 1.19. The summed E-state index contributed by atoms with van der Waals surface area (Å²) >= 11 is 0. The molecule has 0 radical (unpaired) electrons. The summed E-state index contributed by atoms with van der Waals surface area (Å²) in [6.45, 7) is 8.84. The Morgan fingerprint density at radius 2 is 1.79 bits per heavy atom. The molecule has 134 valence electrons. The van der Waals surface area contributed by atoms with E-state index in [1.54, 1.807) is 6.92 Å². The Hall–Kier alpha value is -2.31. The summed E-state index contributed by atoms with van der Waals surface area (Å²) in [5.74, 6) is -1.56. The predicted molar refractivity (Wildman–Crippen MR) is 89.0 cm³/mol. The number of methoxy groups -OCH3 is 1. The fourth-order valence-corrected chi connectivity index (χ4v) is 2.21. The van der Waals surface area contributed by atoms with Crippen molar-refractivity contribution >= 4 is 17.8 Å². The molecule has 0 aliphatic carbocycles. The summed E-state index contributed by atoms with van der Waals surface area (Å²) in [6.07, 6.45) is 1.29. The van der Waals surface area contributed by atoms with Crippen molar-refractivity contribution in [2.45, 2.75) is 53.0 Å². The fourth-order valence-electron chi connectivity index (χ4n) is 2.21. The van der Waals surface area contributed by atoms with Crippen LogP contribution in [0.5, 0.6) is 0 Å². The number of rotatable bonds is 7. The lowest BCUT2D eigenvalue weighted by Gasteiger charge is -2.24. The number of carbonyl (C=O) groups is 3. The van der Waals surface area contributed by atoms with E-state index >= 15 is 0 Å². The number of hydrogen-bond acceptors (Lipinski definition) is 5. The molecule has 0 atom stereocenters. The van der Waals surface area contributed by atoms with Crippen molar-refractivity contribution in [3.8, 4) is 0 Å². The number of hydrogen-bond donors (Lipinski definition) is 2. The molecule has 0 unspecified atom stereocenters. The second-order valence-corrected chi connectivity index (χ2v) is 6.19. The summed E-state index contributed by atoms with van der Waals surface area (Å²) < 4.78 is 9.80. The van der Waals surface area contributed by atoms with Crippen molar-refractivity contribution in [2.24, 2.45) is 0 Å². The molecule has 1 amide bonds. The van der Waals surface area contributed by atoms with Crippen molar-refractivity contribution in [2.75, 3.05) is 13.7 Å². The number of aryl methyl sites for hydroxylation is 1. The smallest absolute Gasteiger partial charge is 0.355 e. The van der Waals surface area contributed by atoms with Crippen molar-refractivity contribution in [3.05, 3.63) is 22.5 Å². The second-order valence-electron chi connectivity index (χ2n) is 6.19. The van der Waals surface area contributed by atoms with Gasteiger partial charge in [0.05, 0.1) is 12.7 Å². The molecule has 0 aromatic carbocycles. The van der Waals surface area contributed by atoms with Crippen LogP contribution < -0.4 is 5.32 Å². The van der Waals surface area contributed by atoms with Gasteiger partial charge in [-0.25, -0.2) is 9.59 Å². The number of amides is 1. The third kappa shape index (κ3) is 4.59. The number of aromatic nitrogens is 1. The van der Waals surface area contributed by atoms with E-state index in [1.165, 1.54) is 7.11 Å². The summed E-state index contributed by atoms with van der Waals surface area (Å²) in [6, 6.07) is 0. The van der Waals surface area contributed by atoms with Gasteiger partial charge in [0.25, 0.3) is 5.91 Å². The van der Waals surface area contributed by atoms with Gasteiger partial charge in [-0.3, -0.25) is 4.79 Å². The Labute approximate surface area is 142 Å². The molecule has 0 saturated carbocycles. The lowest BCUT2D eigenvalue weighted by atomic mass is 10.0. The van der Waals surface area contributed by atoms with E-state index in [0.29, 0.717) is 23.2 Å². The molecule has 7 heteroatoms.